The Hall–Kier alpha value is -4.10. The van der Waals surface area contributed by atoms with E-state index in [0.717, 1.165) is 0 Å². The van der Waals surface area contributed by atoms with Crippen LogP contribution in [-0.4, -0.2) is 30.2 Å². The van der Waals surface area contributed by atoms with Gasteiger partial charge in [-0.2, -0.15) is 0 Å². The predicted octanol–water partition coefficient (Wildman–Crippen LogP) is 5.70. The van der Waals surface area contributed by atoms with E-state index in [9.17, 15) is 19.2 Å². The minimum atomic E-state index is -0.987. The van der Waals surface area contributed by atoms with Crippen molar-refractivity contribution in [2.45, 2.75) is 51.2 Å². The molecule has 2 bridgehead atoms. The molecule has 0 N–H and O–H groups in total. The fraction of sp³-hybridized carbons (Fsp3) is 0.312. The number of benzene rings is 2. The molecule has 0 saturated heterocycles. The molecule has 0 spiro atoms. The van der Waals surface area contributed by atoms with Crippen LogP contribution in [0.15, 0.2) is 75.0 Å². The van der Waals surface area contributed by atoms with E-state index < -0.39 is 11.6 Å². The van der Waals surface area contributed by atoms with E-state index in [1.807, 2.05) is 26.0 Å². The maximum atomic E-state index is 14.2. The molecule has 0 amide bonds. The number of hydrogen-bond acceptors (Lipinski definition) is 7. The van der Waals surface area contributed by atoms with E-state index in [4.69, 9.17) is 13.9 Å². The molecular formula is C32H28O7. The van der Waals surface area contributed by atoms with Gasteiger partial charge in [0.1, 0.15) is 23.6 Å². The lowest BCUT2D eigenvalue weighted by atomic mass is 9.62. The summed E-state index contributed by atoms with van der Waals surface area (Å²) in [5.41, 5.74) is 0.411. The first-order valence-corrected chi connectivity index (χ1v) is 13.2. The van der Waals surface area contributed by atoms with Crippen LogP contribution in [0.2, 0.25) is 0 Å². The predicted molar refractivity (Wildman–Crippen MR) is 144 cm³/mol. The first-order chi connectivity index (χ1) is 18.8. The van der Waals surface area contributed by atoms with E-state index in [2.05, 4.69) is 0 Å². The van der Waals surface area contributed by atoms with Gasteiger partial charge in [-0.1, -0.05) is 44.2 Å². The van der Waals surface area contributed by atoms with Crippen molar-refractivity contribution in [3.63, 3.8) is 0 Å². The first kappa shape index (κ1) is 25.2. The molecule has 3 aromatic rings. The number of allylic oxidation sites excluding steroid dienone is 2. The molecule has 4 aliphatic rings. The first-order valence-electron chi connectivity index (χ1n) is 13.2. The van der Waals surface area contributed by atoms with Gasteiger partial charge >= 0.3 is 5.97 Å². The number of ketones is 2. The highest BCUT2D eigenvalue weighted by molar-refractivity contribution is 6.31. The zero-order valence-electron chi connectivity index (χ0n) is 22.0. The Morgan fingerprint density at radius 3 is 2.56 bits per heavy atom. The Labute approximate surface area is 225 Å². The molecule has 1 heterocycles. The normalized spacial score (nSPS) is 22.2. The highest BCUT2D eigenvalue weighted by atomic mass is 16.5. The minimum Gasteiger partial charge on any atom is -0.460 e. The fourth-order valence-electron chi connectivity index (χ4n) is 6.02. The number of rotatable bonds is 6. The van der Waals surface area contributed by atoms with E-state index in [0.29, 0.717) is 47.3 Å². The van der Waals surface area contributed by atoms with Crippen LogP contribution in [0.3, 0.4) is 0 Å². The average molecular weight is 525 g/mol. The van der Waals surface area contributed by atoms with Gasteiger partial charge in [-0.15, -0.1) is 0 Å². The van der Waals surface area contributed by atoms with Gasteiger partial charge in [0, 0.05) is 47.3 Å². The van der Waals surface area contributed by atoms with Crippen molar-refractivity contribution in [3.8, 4) is 0 Å². The lowest BCUT2D eigenvalue weighted by Crippen LogP contribution is -2.47. The number of esters is 1. The average Bonchev–Trinajstić information content (AvgIpc) is 2.98. The van der Waals surface area contributed by atoms with Crippen molar-refractivity contribution < 1.29 is 28.3 Å². The SMILES string of the molecule is CC[C@H](C)c1cc(=O)c2c(COC(=O)c3ccccc3)cc3c(c2o1)C(=O)C1=C(C3=O)[C@H]2C=C[C@]1(OC)CC2. The third-order valence-corrected chi connectivity index (χ3v) is 8.36. The van der Waals surface area contributed by atoms with Crippen molar-refractivity contribution in [2.24, 2.45) is 5.92 Å². The van der Waals surface area contributed by atoms with Crippen LogP contribution in [0.1, 0.15) is 81.4 Å². The summed E-state index contributed by atoms with van der Waals surface area (Å²) < 4.78 is 17.7. The number of carbonyl (C=O) groups is 3. The van der Waals surface area contributed by atoms with E-state index >= 15 is 0 Å². The largest absolute Gasteiger partial charge is 0.460 e. The molecule has 2 aromatic carbocycles. The molecule has 7 rings (SSSR count). The second kappa shape index (κ2) is 9.27. The van der Waals surface area contributed by atoms with Crippen LogP contribution in [-0.2, 0) is 16.1 Å². The van der Waals surface area contributed by atoms with Crippen LogP contribution in [0.4, 0.5) is 0 Å². The standard InChI is InChI=1S/C32H28O7/c1-4-17(2)23-15-22(33)24-20(16-38-31(36)19-8-6-5-7-9-19)14-21-26(30(24)39-23)29(35)27-25(28(21)34)18-10-12-32(27,37-3)13-11-18/h5-10,12,14-15,17-18H,4,11,13,16H2,1-3H3/t17-,18-,32-/m0/s1. The molecule has 7 heteroatoms. The zero-order chi connectivity index (χ0) is 27.5. The Bertz CT molecular complexity index is 1670. The summed E-state index contributed by atoms with van der Waals surface area (Å²) in [6, 6.07) is 11.5. The summed E-state index contributed by atoms with van der Waals surface area (Å²) in [7, 11) is 1.54. The number of Topliss-reactive ketones (excluding diaryl/α,β-unsaturated/α-hetero) is 2. The number of fused-ring (bicyclic) bond motifs is 4. The van der Waals surface area contributed by atoms with E-state index in [-0.39, 0.29) is 57.5 Å². The molecular weight excluding hydrogens is 496 g/mol. The summed E-state index contributed by atoms with van der Waals surface area (Å²) >= 11 is 0. The number of ether oxygens (including phenoxy) is 2. The smallest absolute Gasteiger partial charge is 0.338 e. The maximum absolute atomic E-state index is 14.2. The Balaban J connectivity index is 1.55. The highest BCUT2D eigenvalue weighted by Gasteiger charge is 2.52. The van der Waals surface area contributed by atoms with Crippen LogP contribution in [0.5, 0.6) is 0 Å². The zero-order valence-corrected chi connectivity index (χ0v) is 22.0. The second-order valence-corrected chi connectivity index (χ2v) is 10.5. The van der Waals surface area contributed by atoms with Crippen LogP contribution in [0.25, 0.3) is 11.0 Å². The van der Waals surface area contributed by atoms with E-state index in [1.54, 1.807) is 30.3 Å². The summed E-state index contributed by atoms with van der Waals surface area (Å²) in [6.07, 6.45) is 5.81. The fourth-order valence-corrected chi connectivity index (χ4v) is 6.02. The lowest BCUT2D eigenvalue weighted by molar-refractivity contribution is 0.0342. The molecule has 0 unspecified atom stereocenters. The molecule has 198 valence electrons. The molecule has 4 aliphatic carbocycles. The van der Waals surface area contributed by atoms with Gasteiger partial charge in [0.2, 0.25) is 0 Å². The van der Waals surface area contributed by atoms with Crippen LogP contribution >= 0.6 is 0 Å². The number of carbonyl (C=O) groups excluding carboxylic acids is 3. The van der Waals surface area contributed by atoms with Crippen molar-refractivity contribution in [1.82, 2.24) is 0 Å². The molecule has 0 fully saturated rings. The Morgan fingerprint density at radius 2 is 1.90 bits per heavy atom. The van der Waals surface area contributed by atoms with E-state index in [1.165, 1.54) is 19.2 Å². The van der Waals surface area contributed by atoms with Gasteiger partial charge in [0.15, 0.2) is 17.0 Å². The molecule has 7 nitrogen and oxygen atoms in total. The molecule has 0 saturated carbocycles. The van der Waals surface area contributed by atoms with Crippen LogP contribution in [0, 0.1) is 5.92 Å². The monoisotopic (exact) mass is 524 g/mol. The second-order valence-electron chi connectivity index (χ2n) is 10.5. The van der Waals surface area contributed by atoms with Crippen molar-refractivity contribution >= 4 is 28.5 Å². The van der Waals surface area contributed by atoms with Gasteiger partial charge in [0.05, 0.1) is 16.5 Å². The number of hydrogen-bond donors (Lipinski definition) is 0. The summed E-state index contributed by atoms with van der Waals surface area (Å²) in [5.74, 6) is -1.05. The van der Waals surface area contributed by atoms with Crippen molar-refractivity contribution in [1.29, 1.82) is 0 Å². The maximum Gasteiger partial charge on any atom is 0.338 e. The van der Waals surface area contributed by atoms with Gasteiger partial charge in [-0.25, -0.2) is 4.79 Å². The van der Waals surface area contributed by atoms with Crippen molar-refractivity contribution in [2.75, 3.05) is 7.11 Å². The summed E-state index contributed by atoms with van der Waals surface area (Å²) in [6.45, 7) is 3.65. The van der Waals surface area contributed by atoms with Gasteiger partial charge in [-0.05, 0) is 37.5 Å². The van der Waals surface area contributed by atoms with Gasteiger partial charge in [-0.3, -0.25) is 14.4 Å². The quantitative estimate of drug-likeness (QED) is 0.301. The van der Waals surface area contributed by atoms with Gasteiger partial charge < -0.3 is 13.9 Å². The minimum absolute atomic E-state index is 0.0580. The molecule has 0 radical (unpaired) electrons. The van der Waals surface area contributed by atoms with Crippen LogP contribution < -0.4 is 5.43 Å². The van der Waals surface area contributed by atoms with Crippen molar-refractivity contribution in [3.05, 3.63) is 104 Å². The molecule has 1 aromatic heterocycles. The third-order valence-electron chi connectivity index (χ3n) is 8.36. The summed E-state index contributed by atoms with van der Waals surface area (Å²) in [4.78, 5) is 54.5. The Morgan fingerprint density at radius 1 is 1.13 bits per heavy atom. The Kier molecular flexibility index (Phi) is 5.99. The molecule has 0 aliphatic heterocycles. The third kappa shape index (κ3) is 3.75. The molecule has 39 heavy (non-hydrogen) atoms. The number of methoxy groups -OCH3 is 1. The lowest BCUT2D eigenvalue weighted by Gasteiger charge is -2.44. The topological polar surface area (TPSA) is 99.9 Å². The van der Waals surface area contributed by atoms with Gasteiger partial charge in [0.25, 0.3) is 0 Å². The summed E-state index contributed by atoms with van der Waals surface area (Å²) in [5, 5.41) is 0.134. The highest BCUT2D eigenvalue weighted by Crippen LogP contribution is 2.50. The molecule has 3 atom stereocenters.